The Morgan fingerprint density at radius 3 is 2.33 bits per heavy atom. The SMILES string of the molecule is CC.C\C=C/C=C1/C(=O)N([C@@H]2CCC(=O)NC2=O)C(=O)C/C1=C/C. The first-order valence-corrected chi connectivity index (χ1v) is 8.18. The smallest absolute Gasteiger partial charge is 0.261 e. The Hall–Kier alpha value is -2.50. The number of carbonyl (C=O) groups is 4. The number of likely N-dealkylation sites (tertiary alicyclic amines) is 1. The summed E-state index contributed by atoms with van der Waals surface area (Å²) in [7, 11) is 0. The molecular weight excluding hydrogens is 308 g/mol. The summed E-state index contributed by atoms with van der Waals surface area (Å²) < 4.78 is 0. The van der Waals surface area contributed by atoms with E-state index in [-0.39, 0.29) is 25.2 Å². The molecule has 130 valence electrons. The Morgan fingerprint density at radius 1 is 1.12 bits per heavy atom. The fourth-order valence-electron chi connectivity index (χ4n) is 2.60. The van der Waals surface area contributed by atoms with Crippen LogP contribution in [0.2, 0.25) is 0 Å². The Kier molecular flexibility index (Phi) is 7.30. The summed E-state index contributed by atoms with van der Waals surface area (Å²) in [5, 5.41) is 2.18. The topological polar surface area (TPSA) is 83.6 Å². The van der Waals surface area contributed by atoms with Crippen molar-refractivity contribution in [1.29, 1.82) is 0 Å². The van der Waals surface area contributed by atoms with Gasteiger partial charge in [0.2, 0.25) is 17.7 Å². The van der Waals surface area contributed by atoms with Gasteiger partial charge in [0.15, 0.2) is 0 Å². The van der Waals surface area contributed by atoms with Gasteiger partial charge in [0.25, 0.3) is 5.91 Å². The van der Waals surface area contributed by atoms with Crippen LogP contribution in [0.1, 0.15) is 47.0 Å². The number of nitrogens with one attached hydrogen (secondary N) is 1. The molecule has 0 radical (unpaired) electrons. The van der Waals surface area contributed by atoms with Crippen molar-refractivity contribution in [2.45, 2.75) is 53.0 Å². The molecule has 24 heavy (non-hydrogen) atoms. The van der Waals surface area contributed by atoms with Crippen LogP contribution in [0.5, 0.6) is 0 Å². The first kappa shape index (κ1) is 19.5. The van der Waals surface area contributed by atoms with Crippen molar-refractivity contribution >= 4 is 23.6 Å². The molecule has 0 bridgehead atoms. The van der Waals surface area contributed by atoms with Crippen LogP contribution in [0.15, 0.2) is 35.5 Å². The molecule has 2 rings (SSSR count). The largest absolute Gasteiger partial charge is 0.295 e. The lowest BCUT2D eigenvalue weighted by Crippen LogP contribution is -2.58. The van der Waals surface area contributed by atoms with Gasteiger partial charge in [-0.25, -0.2) is 0 Å². The average molecular weight is 332 g/mol. The number of imide groups is 2. The van der Waals surface area contributed by atoms with Crippen LogP contribution in [-0.2, 0) is 19.2 Å². The highest BCUT2D eigenvalue weighted by molar-refractivity contribution is 6.15. The van der Waals surface area contributed by atoms with Gasteiger partial charge in [-0.3, -0.25) is 29.4 Å². The summed E-state index contributed by atoms with van der Waals surface area (Å²) >= 11 is 0. The van der Waals surface area contributed by atoms with Gasteiger partial charge >= 0.3 is 0 Å². The molecule has 0 aromatic rings. The molecule has 2 aliphatic heterocycles. The molecule has 2 heterocycles. The highest BCUT2D eigenvalue weighted by Gasteiger charge is 2.42. The zero-order valence-electron chi connectivity index (χ0n) is 14.6. The van der Waals surface area contributed by atoms with E-state index in [9.17, 15) is 19.2 Å². The highest BCUT2D eigenvalue weighted by atomic mass is 16.2. The fourth-order valence-corrected chi connectivity index (χ4v) is 2.60. The van der Waals surface area contributed by atoms with Crippen molar-refractivity contribution in [2.24, 2.45) is 0 Å². The minimum atomic E-state index is -0.912. The van der Waals surface area contributed by atoms with Crippen LogP contribution >= 0.6 is 0 Å². The third-order valence-electron chi connectivity index (χ3n) is 3.73. The van der Waals surface area contributed by atoms with E-state index in [1.54, 1.807) is 31.2 Å². The van der Waals surface area contributed by atoms with Crippen molar-refractivity contribution < 1.29 is 19.2 Å². The summed E-state index contributed by atoms with van der Waals surface area (Å²) in [5.41, 5.74) is 1.06. The number of rotatable bonds is 2. The minimum Gasteiger partial charge on any atom is -0.295 e. The van der Waals surface area contributed by atoms with Gasteiger partial charge in [0.05, 0.1) is 6.42 Å². The summed E-state index contributed by atoms with van der Waals surface area (Å²) in [6.07, 6.45) is 7.23. The van der Waals surface area contributed by atoms with Crippen LogP contribution in [-0.4, -0.2) is 34.6 Å². The maximum atomic E-state index is 12.6. The Labute approximate surface area is 142 Å². The molecule has 4 amide bonds. The van der Waals surface area contributed by atoms with E-state index in [1.165, 1.54) is 0 Å². The quantitative estimate of drug-likeness (QED) is 0.619. The second-order valence-electron chi connectivity index (χ2n) is 5.13. The number of amides is 4. The predicted molar refractivity (Wildman–Crippen MR) is 90.6 cm³/mol. The molecule has 0 unspecified atom stereocenters. The Bertz CT molecular complexity index is 629. The Balaban J connectivity index is 0.00000139. The molecule has 0 saturated carbocycles. The molecule has 6 nitrogen and oxygen atoms in total. The van der Waals surface area contributed by atoms with Crippen molar-refractivity contribution in [1.82, 2.24) is 10.2 Å². The van der Waals surface area contributed by atoms with Crippen molar-refractivity contribution in [3.63, 3.8) is 0 Å². The highest BCUT2D eigenvalue weighted by Crippen LogP contribution is 2.28. The maximum absolute atomic E-state index is 12.6. The lowest BCUT2D eigenvalue weighted by atomic mass is 9.92. The van der Waals surface area contributed by atoms with Crippen LogP contribution in [0.25, 0.3) is 0 Å². The number of hydrogen-bond acceptors (Lipinski definition) is 4. The lowest BCUT2D eigenvalue weighted by molar-refractivity contribution is -0.154. The van der Waals surface area contributed by atoms with Gasteiger partial charge in [-0.05, 0) is 31.9 Å². The molecule has 6 heteroatoms. The van der Waals surface area contributed by atoms with Gasteiger partial charge in [0.1, 0.15) is 6.04 Å². The summed E-state index contributed by atoms with van der Waals surface area (Å²) in [5.74, 6) is -1.87. The normalized spacial score (nSPS) is 25.2. The van der Waals surface area contributed by atoms with Crippen molar-refractivity contribution in [3.05, 3.63) is 35.5 Å². The summed E-state index contributed by atoms with van der Waals surface area (Å²) in [6.45, 7) is 7.59. The molecule has 2 fully saturated rings. The minimum absolute atomic E-state index is 0.0728. The number of carbonyl (C=O) groups excluding carboxylic acids is 4. The molecular formula is C18H24N2O4. The van der Waals surface area contributed by atoms with Crippen molar-refractivity contribution in [3.8, 4) is 0 Å². The molecule has 0 aliphatic carbocycles. The van der Waals surface area contributed by atoms with Crippen LogP contribution in [0.4, 0.5) is 0 Å². The van der Waals surface area contributed by atoms with E-state index in [4.69, 9.17) is 0 Å². The van der Waals surface area contributed by atoms with Gasteiger partial charge in [-0.15, -0.1) is 0 Å². The molecule has 2 aliphatic rings. The zero-order chi connectivity index (χ0) is 18.3. The summed E-state index contributed by atoms with van der Waals surface area (Å²) in [4.78, 5) is 49.1. The first-order chi connectivity index (χ1) is 11.5. The molecule has 0 aromatic carbocycles. The third-order valence-corrected chi connectivity index (χ3v) is 3.73. The molecule has 1 atom stereocenters. The molecule has 0 spiro atoms. The number of piperidine rings is 2. The lowest BCUT2D eigenvalue weighted by Gasteiger charge is -2.35. The monoisotopic (exact) mass is 332 g/mol. The van der Waals surface area contributed by atoms with Crippen molar-refractivity contribution in [2.75, 3.05) is 0 Å². The van der Waals surface area contributed by atoms with Gasteiger partial charge < -0.3 is 0 Å². The van der Waals surface area contributed by atoms with Crippen LogP contribution < -0.4 is 5.32 Å². The summed E-state index contributed by atoms with van der Waals surface area (Å²) in [6, 6.07) is -0.912. The Morgan fingerprint density at radius 2 is 1.79 bits per heavy atom. The molecule has 1 N–H and O–H groups in total. The predicted octanol–water partition coefficient (Wildman–Crippen LogP) is 2.03. The van der Waals surface area contributed by atoms with E-state index in [1.807, 2.05) is 20.8 Å². The fraction of sp³-hybridized carbons (Fsp3) is 0.444. The van der Waals surface area contributed by atoms with E-state index in [2.05, 4.69) is 5.32 Å². The average Bonchev–Trinajstić information content (AvgIpc) is 2.57. The van der Waals surface area contributed by atoms with E-state index >= 15 is 0 Å². The standard InChI is InChI=1S/C16H18N2O4.C2H6/c1-3-5-6-11-10(4-2)9-14(20)18(16(11)22)12-7-8-13(19)17-15(12)21;1-2/h3-6,12H,7-9H2,1-2H3,(H,17,19,21);1-2H3/b5-3-,10-4-,11-6+;/t12-;/m1./s1. The first-order valence-electron chi connectivity index (χ1n) is 8.18. The third kappa shape index (κ3) is 4.07. The number of nitrogens with zero attached hydrogens (tertiary/aromatic N) is 1. The second kappa shape index (κ2) is 8.96. The van der Waals surface area contributed by atoms with E-state index in [0.717, 1.165) is 4.90 Å². The zero-order valence-corrected chi connectivity index (χ0v) is 14.6. The maximum Gasteiger partial charge on any atom is 0.261 e. The van der Waals surface area contributed by atoms with Crippen LogP contribution in [0, 0.1) is 0 Å². The number of allylic oxidation sites excluding steroid dienone is 4. The molecule has 2 saturated heterocycles. The van der Waals surface area contributed by atoms with Crippen LogP contribution in [0.3, 0.4) is 0 Å². The van der Waals surface area contributed by atoms with E-state index < -0.39 is 23.8 Å². The van der Waals surface area contributed by atoms with Gasteiger partial charge in [-0.2, -0.15) is 0 Å². The second-order valence-corrected chi connectivity index (χ2v) is 5.13. The number of hydrogen-bond donors (Lipinski definition) is 1. The van der Waals surface area contributed by atoms with E-state index in [0.29, 0.717) is 11.1 Å². The van der Waals surface area contributed by atoms with Gasteiger partial charge in [-0.1, -0.05) is 32.1 Å². The molecule has 0 aromatic heterocycles. The van der Waals surface area contributed by atoms with Gasteiger partial charge in [0, 0.05) is 12.0 Å².